The van der Waals surface area contributed by atoms with E-state index in [1.807, 2.05) is 13.8 Å². The molecule has 5 heteroatoms. The summed E-state index contributed by atoms with van der Waals surface area (Å²) >= 11 is 0. The van der Waals surface area contributed by atoms with Gasteiger partial charge in [-0.15, -0.1) is 0 Å². The molecule has 0 atom stereocenters. The summed E-state index contributed by atoms with van der Waals surface area (Å²) in [6, 6.07) is 0. The third-order valence-corrected chi connectivity index (χ3v) is 4.17. The van der Waals surface area contributed by atoms with E-state index in [1.165, 1.54) is 25.9 Å². The average Bonchev–Trinajstić information content (AvgIpc) is 2.76. The van der Waals surface area contributed by atoms with Crippen LogP contribution in [0.15, 0.2) is 0 Å². The van der Waals surface area contributed by atoms with Gasteiger partial charge >= 0.3 is 0 Å². The predicted molar refractivity (Wildman–Crippen MR) is 79.8 cm³/mol. The molecule has 0 bridgehead atoms. The molecule has 1 aromatic rings. The number of aromatic amines is 1. The number of hydrogen-bond acceptors (Lipinski definition) is 3. The zero-order valence-corrected chi connectivity index (χ0v) is 12.8. The van der Waals surface area contributed by atoms with Crippen molar-refractivity contribution in [3.8, 4) is 0 Å². The molecule has 1 saturated heterocycles. The molecule has 112 valence electrons. The number of aryl methyl sites for hydroxylation is 2. The summed E-state index contributed by atoms with van der Waals surface area (Å²) in [5.74, 6) is 0.860. The van der Waals surface area contributed by atoms with Gasteiger partial charge in [0.25, 0.3) is 5.91 Å². The number of hydrogen-bond donors (Lipinski definition) is 2. The van der Waals surface area contributed by atoms with E-state index in [1.54, 1.807) is 0 Å². The molecule has 5 nitrogen and oxygen atoms in total. The number of carbonyl (C=O) groups is 1. The van der Waals surface area contributed by atoms with Crippen LogP contribution in [0.4, 0.5) is 0 Å². The molecule has 1 aromatic heterocycles. The van der Waals surface area contributed by atoms with Crippen molar-refractivity contribution in [3.05, 3.63) is 17.0 Å². The van der Waals surface area contributed by atoms with Gasteiger partial charge in [0, 0.05) is 12.2 Å². The molecular weight excluding hydrogens is 252 g/mol. The summed E-state index contributed by atoms with van der Waals surface area (Å²) in [6.45, 7) is 10.3. The summed E-state index contributed by atoms with van der Waals surface area (Å²) < 4.78 is 0. The molecule has 1 aliphatic rings. The second-order valence-electron chi connectivity index (χ2n) is 5.94. The van der Waals surface area contributed by atoms with Gasteiger partial charge in [0.15, 0.2) is 0 Å². The topological polar surface area (TPSA) is 61.0 Å². The molecule has 20 heavy (non-hydrogen) atoms. The van der Waals surface area contributed by atoms with Crippen molar-refractivity contribution in [1.82, 2.24) is 20.4 Å². The highest BCUT2D eigenvalue weighted by Gasteiger charge is 2.16. The van der Waals surface area contributed by atoms with Gasteiger partial charge in [0.05, 0.1) is 11.3 Å². The van der Waals surface area contributed by atoms with E-state index >= 15 is 0 Å². The van der Waals surface area contributed by atoms with Crippen LogP contribution in [0.3, 0.4) is 0 Å². The Hall–Kier alpha value is -1.36. The summed E-state index contributed by atoms with van der Waals surface area (Å²) in [6.07, 6.45) is 3.62. The first-order chi connectivity index (χ1) is 9.58. The first kappa shape index (κ1) is 15.0. The minimum atomic E-state index is -0.0129. The van der Waals surface area contributed by atoms with Gasteiger partial charge in [0.1, 0.15) is 0 Å². The lowest BCUT2D eigenvalue weighted by Gasteiger charge is -2.30. The van der Waals surface area contributed by atoms with E-state index in [0.717, 1.165) is 36.8 Å². The van der Waals surface area contributed by atoms with Crippen molar-refractivity contribution in [2.24, 2.45) is 5.92 Å². The first-order valence-electron chi connectivity index (χ1n) is 7.60. The number of nitrogens with zero attached hydrogens (tertiary/aromatic N) is 2. The number of nitrogens with one attached hydrogen (secondary N) is 2. The second kappa shape index (κ2) is 6.88. The number of likely N-dealkylation sites (tertiary alicyclic amines) is 1. The Bertz CT molecular complexity index is 427. The zero-order chi connectivity index (χ0) is 14.5. The Balaban J connectivity index is 1.67. The van der Waals surface area contributed by atoms with Crippen LogP contribution < -0.4 is 5.32 Å². The molecule has 0 unspecified atom stereocenters. The van der Waals surface area contributed by atoms with E-state index in [9.17, 15) is 4.79 Å². The van der Waals surface area contributed by atoms with Gasteiger partial charge < -0.3 is 10.2 Å². The van der Waals surface area contributed by atoms with E-state index in [2.05, 4.69) is 27.3 Å². The summed E-state index contributed by atoms with van der Waals surface area (Å²) in [7, 11) is 0. The fraction of sp³-hybridized carbons (Fsp3) is 0.733. The lowest BCUT2D eigenvalue weighted by atomic mass is 9.99. The molecule has 2 N–H and O–H groups in total. The quantitative estimate of drug-likeness (QED) is 0.808. The van der Waals surface area contributed by atoms with E-state index in [-0.39, 0.29) is 5.91 Å². The van der Waals surface area contributed by atoms with Crippen LogP contribution in [0, 0.1) is 19.8 Å². The van der Waals surface area contributed by atoms with Crippen LogP contribution in [0.25, 0.3) is 0 Å². The normalized spacial score (nSPS) is 17.4. The highest BCUT2D eigenvalue weighted by atomic mass is 16.1. The molecule has 0 spiro atoms. The molecule has 0 aliphatic carbocycles. The highest BCUT2D eigenvalue weighted by Crippen LogP contribution is 2.15. The number of H-pyrrole nitrogens is 1. The van der Waals surface area contributed by atoms with E-state index in [4.69, 9.17) is 0 Å². The summed E-state index contributed by atoms with van der Waals surface area (Å²) in [5, 5.41) is 9.89. The van der Waals surface area contributed by atoms with Crippen molar-refractivity contribution in [2.45, 2.75) is 40.0 Å². The Labute approximate surface area is 121 Å². The fourth-order valence-corrected chi connectivity index (χ4v) is 2.76. The monoisotopic (exact) mass is 278 g/mol. The maximum atomic E-state index is 12.1. The molecule has 1 aliphatic heterocycles. The molecule has 2 rings (SSSR count). The molecule has 0 radical (unpaired) electrons. The Kier molecular flexibility index (Phi) is 5.17. The Morgan fingerprint density at radius 3 is 2.70 bits per heavy atom. The molecule has 1 amide bonds. The van der Waals surface area contributed by atoms with E-state index < -0.39 is 0 Å². The van der Waals surface area contributed by atoms with Gasteiger partial charge in [-0.2, -0.15) is 5.10 Å². The van der Waals surface area contributed by atoms with Crippen LogP contribution in [0.5, 0.6) is 0 Å². The zero-order valence-electron chi connectivity index (χ0n) is 12.8. The van der Waals surface area contributed by atoms with Crippen molar-refractivity contribution < 1.29 is 4.79 Å². The van der Waals surface area contributed by atoms with Crippen LogP contribution in [0.1, 0.15) is 47.9 Å². The third-order valence-electron chi connectivity index (χ3n) is 4.17. The standard InChI is InChI=1S/C15H26N4O/c1-11-5-9-19(10-6-11)8-4-7-16-15(20)14-12(2)17-18-13(14)3/h11H,4-10H2,1-3H3,(H,16,20)(H,17,18). The molecule has 0 saturated carbocycles. The largest absolute Gasteiger partial charge is 0.352 e. The van der Waals surface area contributed by atoms with Crippen molar-refractivity contribution >= 4 is 5.91 Å². The van der Waals surface area contributed by atoms with Crippen LogP contribution in [-0.2, 0) is 0 Å². The Morgan fingerprint density at radius 1 is 1.40 bits per heavy atom. The smallest absolute Gasteiger partial charge is 0.255 e. The van der Waals surface area contributed by atoms with Crippen molar-refractivity contribution in [1.29, 1.82) is 0 Å². The minimum absolute atomic E-state index is 0.0129. The lowest BCUT2D eigenvalue weighted by Crippen LogP contribution is -2.35. The second-order valence-corrected chi connectivity index (χ2v) is 5.94. The predicted octanol–water partition coefficient (Wildman–Crippen LogP) is 1.88. The number of amides is 1. The SMILES string of the molecule is Cc1n[nH]c(C)c1C(=O)NCCCN1CCC(C)CC1. The highest BCUT2D eigenvalue weighted by molar-refractivity contribution is 5.96. The summed E-state index contributed by atoms with van der Waals surface area (Å²) in [4.78, 5) is 14.6. The molecule has 1 fully saturated rings. The van der Waals surface area contributed by atoms with E-state index in [0.29, 0.717) is 5.56 Å². The van der Waals surface area contributed by atoms with Crippen LogP contribution in [-0.4, -0.2) is 47.2 Å². The third kappa shape index (κ3) is 3.82. The maximum Gasteiger partial charge on any atom is 0.255 e. The summed E-state index contributed by atoms with van der Waals surface area (Å²) in [5.41, 5.74) is 2.30. The number of aromatic nitrogens is 2. The number of rotatable bonds is 5. The van der Waals surface area contributed by atoms with Gasteiger partial charge in [-0.1, -0.05) is 6.92 Å². The van der Waals surface area contributed by atoms with Crippen LogP contribution >= 0.6 is 0 Å². The van der Waals surface area contributed by atoms with Gasteiger partial charge in [-0.25, -0.2) is 0 Å². The van der Waals surface area contributed by atoms with Gasteiger partial charge in [-0.05, 0) is 58.7 Å². The number of carbonyl (C=O) groups excluding carboxylic acids is 1. The van der Waals surface area contributed by atoms with Crippen LogP contribution in [0.2, 0.25) is 0 Å². The number of piperidine rings is 1. The van der Waals surface area contributed by atoms with Gasteiger partial charge in [0.2, 0.25) is 0 Å². The molecule has 0 aromatic carbocycles. The van der Waals surface area contributed by atoms with Gasteiger partial charge in [-0.3, -0.25) is 9.89 Å². The maximum absolute atomic E-state index is 12.1. The molecule has 2 heterocycles. The van der Waals surface area contributed by atoms with Crippen molar-refractivity contribution in [3.63, 3.8) is 0 Å². The lowest BCUT2D eigenvalue weighted by molar-refractivity contribution is 0.0949. The first-order valence-corrected chi connectivity index (χ1v) is 7.60. The molecular formula is C15H26N4O. The average molecular weight is 278 g/mol. The Morgan fingerprint density at radius 2 is 2.10 bits per heavy atom. The minimum Gasteiger partial charge on any atom is -0.352 e. The van der Waals surface area contributed by atoms with Crippen molar-refractivity contribution in [2.75, 3.05) is 26.2 Å². The fourth-order valence-electron chi connectivity index (χ4n) is 2.76.